The summed E-state index contributed by atoms with van der Waals surface area (Å²) in [5.74, 6) is -0.957. The van der Waals surface area contributed by atoms with Gasteiger partial charge in [-0.25, -0.2) is 4.79 Å². The normalized spacial score (nSPS) is 20.8. The molecule has 0 aromatic rings. The van der Waals surface area contributed by atoms with Gasteiger partial charge in [-0.05, 0) is 19.8 Å². The first kappa shape index (κ1) is 13.1. The molecule has 102 valence electrons. The first-order valence-electron chi connectivity index (χ1n) is 6.61. The molecule has 2 rings (SSSR count). The molecular formula is C12H21N3O3. The lowest BCUT2D eigenvalue weighted by Crippen LogP contribution is -2.53. The van der Waals surface area contributed by atoms with E-state index in [1.54, 1.807) is 11.8 Å². The fraction of sp³-hybridized carbons (Fsp3) is 0.833. The van der Waals surface area contributed by atoms with Crippen LogP contribution in [0.5, 0.6) is 0 Å². The zero-order valence-corrected chi connectivity index (χ0v) is 10.8. The number of carbonyl (C=O) groups excluding carboxylic acids is 1. The first-order valence-corrected chi connectivity index (χ1v) is 6.61. The lowest BCUT2D eigenvalue weighted by atomic mass is 10.3. The van der Waals surface area contributed by atoms with Crippen LogP contribution in [0.4, 0.5) is 4.79 Å². The van der Waals surface area contributed by atoms with Gasteiger partial charge < -0.3 is 14.9 Å². The fourth-order valence-corrected chi connectivity index (χ4v) is 2.40. The van der Waals surface area contributed by atoms with Crippen LogP contribution in [-0.2, 0) is 4.79 Å². The largest absolute Gasteiger partial charge is 0.480 e. The van der Waals surface area contributed by atoms with E-state index in [2.05, 4.69) is 4.90 Å². The number of carbonyl (C=O) groups is 2. The van der Waals surface area contributed by atoms with Crippen molar-refractivity contribution < 1.29 is 14.7 Å². The fourth-order valence-electron chi connectivity index (χ4n) is 2.40. The summed E-state index contributed by atoms with van der Waals surface area (Å²) in [5, 5.41) is 8.76. The maximum atomic E-state index is 12.1. The van der Waals surface area contributed by atoms with E-state index in [0.717, 1.165) is 19.1 Å². The molecule has 0 spiro atoms. The Bertz CT molecular complexity index is 323. The summed E-state index contributed by atoms with van der Waals surface area (Å²) in [4.78, 5) is 28.4. The third kappa shape index (κ3) is 3.13. The zero-order chi connectivity index (χ0) is 13.1. The predicted octanol–water partition coefficient (Wildman–Crippen LogP) is 0.293. The smallest absolute Gasteiger partial charge is 0.323 e. The number of urea groups is 1. The molecule has 0 aromatic heterocycles. The van der Waals surface area contributed by atoms with Gasteiger partial charge in [-0.3, -0.25) is 9.69 Å². The van der Waals surface area contributed by atoms with E-state index >= 15 is 0 Å². The molecule has 1 N–H and O–H groups in total. The van der Waals surface area contributed by atoms with Crippen molar-refractivity contribution in [2.24, 2.45) is 0 Å². The van der Waals surface area contributed by atoms with Crippen molar-refractivity contribution in [3.05, 3.63) is 0 Å². The second kappa shape index (κ2) is 5.56. The number of piperazine rings is 1. The van der Waals surface area contributed by atoms with E-state index in [1.165, 1.54) is 17.7 Å². The van der Waals surface area contributed by atoms with Gasteiger partial charge in [-0.1, -0.05) is 0 Å². The van der Waals surface area contributed by atoms with E-state index in [0.29, 0.717) is 19.6 Å². The molecule has 18 heavy (non-hydrogen) atoms. The second-order valence-corrected chi connectivity index (χ2v) is 4.94. The molecule has 2 fully saturated rings. The van der Waals surface area contributed by atoms with Crippen LogP contribution in [0.2, 0.25) is 0 Å². The van der Waals surface area contributed by atoms with Crippen molar-refractivity contribution in [3.8, 4) is 0 Å². The number of amides is 2. The second-order valence-electron chi connectivity index (χ2n) is 4.94. The van der Waals surface area contributed by atoms with Crippen LogP contribution in [0, 0.1) is 0 Å². The van der Waals surface area contributed by atoms with Gasteiger partial charge in [0.2, 0.25) is 0 Å². The van der Waals surface area contributed by atoms with Crippen molar-refractivity contribution in [2.75, 3.05) is 39.3 Å². The summed E-state index contributed by atoms with van der Waals surface area (Å²) in [6, 6.07) is 0.596. The van der Waals surface area contributed by atoms with Gasteiger partial charge in [0.25, 0.3) is 0 Å². The van der Waals surface area contributed by atoms with E-state index in [9.17, 15) is 9.59 Å². The minimum absolute atomic E-state index is 0.143. The quantitative estimate of drug-likeness (QED) is 0.784. The van der Waals surface area contributed by atoms with Crippen molar-refractivity contribution in [3.63, 3.8) is 0 Å². The van der Waals surface area contributed by atoms with E-state index in [1.807, 2.05) is 0 Å². The third-order valence-electron chi connectivity index (χ3n) is 3.63. The number of aliphatic carboxylic acids is 1. The molecule has 0 atom stereocenters. The first-order chi connectivity index (χ1) is 8.61. The van der Waals surface area contributed by atoms with Gasteiger partial charge in [0.05, 0.1) is 0 Å². The van der Waals surface area contributed by atoms with Gasteiger partial charge in [0.1, 0.15) is 6.54 Å². The number of carboxylic acid groups (broad SMARTS) is 1. The van der Waals surface area contributed by atoms with Gasteiger partial charge in [-0.15, -0.1) is 0 Å². The Balaban J connectivity index is 1.83. The molecular weight excluding hydrogens is 234 g/mol. The Morgan fingerprint density at radius 3 is 2.28 bits per heavy atom. The lowest BCUT2D eigenvalue weighted by Gasteiger charge is -2.37. The van der Waals surface area contributed by atoms with Gasteiger partial charge in [-0.2, -0.15) is 0 Å². The molecule has 2 amide bonds. The van der Waals surface area contributed by atoms with Crippen LogP contribution in [-0.4, -0.2) is 77.1 Å². The highest BCUT2D eigenvalue weighted by Gasteiger charge is 2.33. The van der Waals surface area contributed by atoms with Crippen molar-refractivity contribution in [1.29, 1.82) is 0 Å². The Kier molecular flexibility index (Phi) is 4.06. The molecule has 1 aliphatic carbocycles. The third-order valence-corrected chi connectivity index (χ3v) is 3.63. The Hall–Kier alpha value is -1.30. The molecule has 0 unspecified atom stereocenters. The molecule has 1 saturated heterocycles. The highest BCUT2D eigenvalue weighted by Crippen LogP contribution is 2.27. The van der Waals surface area contributed by atoms with E-state index < -0.39 is 5.97 Å². The van der Waals surface area contributed by atoms with Gasteiger partial charge in [0, 0.05) is 38.8 Å². The summed E-state index contributed by atoms with van der Waals surface area (Å²) in [7, 11) is 0. The van der Waals surface area contributed by atoms with Crippen molar-refractivity contribution in [1.82, 2.24) is 14.7 Å². The standard InChI is InChI=1S/C12H21N3O3/c1-2-13(9-11(16)17)12(18)15-7-5-14(6-8-15)10-3-4-10/h10H,2-9H2,1H3,(H,16,17). The number of likely N-dealkylation sites (N-methyl/N-ethyl adjacent to an activating group) is 1. The maximum Gasteiger partial charge on any atom is 0.323 e. The maximum absolute atomic E-state index is 12.1. The highest BCUT2D eigenvalue weighted by molar-refractivity contribution is 5.80. The predicted molar refractivity (Wildman–Crippen MR) is 66.4 cm³/mol. The molecule has 0 radical (unpaired) electrons. The topological polar surface area (TPSA) is 64.1 Å². The summed E-state index contributed by atoms with van der Waals surface area (Å²) >= 11 is 0. The van der Waals surface area contributed by atoms with Gasteiger partial charge in [0.15, 0.2) is 0 Å². The summed E-state index contributed by atoms with van der Waals surface area (Å²) in [6.07, 6.45) is 2.57. The number of hydrogen-bond donors (Lipinski definition) is 1. The van der Waals surface area contributed by atoms with E-state index in [4.69, 9.17) is 5.11 Å². The molecule has 0 aromatic carbocycles. The number of hydrogen-bond acceptors (Lipinski definition) is 3. The van der Waals surface area contributed by atoms with Crippen LogP contribution in [0.1, 0.15) is 19.8 Å². The summed E-state index contributed by atoms with van der Waals surface area (Å²) in [6.45, 7) is 5.30. The summed E-state index contributed by atoms with van der Waals surface area (Å²) in [5.41, 5.74) is 0. The van der Waals surface area contributed by atoms with E-state index in [-0.39, 0.29) is 12.6 Å². The minimum atomic E-state index is -0.957. The van der Waals surface area contributed by atoms with Crippen LogP contribution in [0.3, 0.4) is 0 Å². The van der Waals surface area contributed by atoms with Gasteiger partial charge >= 0.3 is 12.0 Å². The Morgan fingerprint density at radius 2 is 1.83 bits per heavy atom. The molecule has 1 heterocycles. The van der Waals surface area contributed by atoms with Crippen LogP contribution in [0.25, 0.3) is 0 Å². The van der Waals surface area contributed by atoms with Crippen LogP contribution < -0.4 is 0 Å². The number of nitrogens with zero attached hydrogens (tertiary/aromatic N) is 3. The molecule has 0 bridgehead atoms. The molecule has 1 aliphatic heterocycles. The average Bonchev–Trinajstić information content (AvgIpc) is 3.19. The SMILES string of the molecule is CCN(CC(=O)O)C(=O)N1CCN(C2CC2)CC1. The molecule has 6 heteroatoms. The monoisotopic (exact) mass is 255 g/mol. The van der Waals surface area contributed by atoms with Crippen molar-refractivity contribution in [2.45, 2.75) is 25.8 Å². The number of rotatable bonds is 4. The Labute approximate surface area is 107 Å². The molecule has 2 aliphatic rings. The molecule has 6 nitrogen and oxygen atoms in total. The zero-order valence-electron chi connectivity index (χ0n) is 10.8. The average molecular weight is 255 g/mol. The highest BCUT2D eigenvalue weighted by atomic mass is 16.4. The van der Waals surface area contributed by atoms with Crippen LogP contribution in [0.15, 0.2) is 0 Å². The van der Waals surface area contributed by atoms with Crippen LogP contribution >= 0.6 is 0 Å². The lowest BCUT2D eigenvalue weighted by molar-refractivity contribution is -0.137. The van der Waals surface area contributed by atoms with Crippen molar-refractivity contribution >= 4 is 12.0 Å². The Morgan fingerprint density at radius 1 is 1.22 bits per heavy atom. The number of carboxylic acids is 1. The minimum Gasteiger partial charge on any atom is -0.480 e. The molecule has 1 saturated carbocycles. The summed E-state index contributed by atoms with van der Waals surface area (Å²) < 4.78 is 0.